The van der Waals surface area contributed by atoms with Gasteiger partial charge in [0.1, 0.15) is 5.69 Å². The van der Waals surface area contributed by atoms with E-state index in [2.05, 4.69) is 5.32 Å². The molecule has 0 spiro atoms. The van der Waals surface area contributed by atoms with Crippen LogP contribution in [0.3, 0.4) is 0 Å². The van der Waals surface area contributed by atoms with Gasteiger partial charge in [-0.2, -0.15) is 13.2 Å². The van der Waals surface area contributed by atoms with Crippen LogP contribution in [0.25, 0.3) is 0 Å². The summed E-state index contributed by atoms with van der Waals surface area (Å²) in [4.78, 5) is 22.1. The number of rotatable bonds is 3. The summed E-state index contributed by atoms with van der Waals surface area (Å²) in [6, 6.07) is 5.22. The Morgan fingerprint density at radius 1 is 1.15 bits per heavy atom. The number of nitrogens with zero attached hydrogens (tertiary/aromatic N) is 1. The lowest BCUT2D eigenvalue weighted by Crippen LogP contribution is -2.23. The van der Waals surface area contributed by atoms with Crippen molar-refractivity contribution in [2.45, 2.75) is 20.0 Å². The van der Waals surface area contributed by atoms with Crippen molar-refractivity contribution in [3.05, 3.63) is 57.1 Å². The van der Waals surface area contributed by atoms with Crippen molar-refractivity contribution >= 4 is 28.8 Å². The smallest absolute Gasteiger partial charge is 0.391 e. The van der Waals surface area contributed by atoms with Crippen LogP contribution >= 0.6 is 0 Å². The molecule has 0 saturated heterocycles. The Morgan fingerprint density at radius 3 is 2.35 bits per heavy atom. The molecule has 4 N–H and O–H groups in total. The van der Waals surface area contributed by atoms with Crippen molar-refractivity contribution in [1.29, 1.82) is 0 Å². The summed E-state index contributed by atoms with van der Waals surface area (Å²) in [5, 5.41) is 15.3. The highest BCUT2D eigenvalue weighted by Crippen LogP contribution is 2.41. The predicted octanol–water partition coefficient (Wildman–Crippen LogP) is 4.46. The van der Waals surface area contributed by atoms with Crippen LogP contribution in [0.5, 0.6) is 0 Å². The minimum Gasteiger partial charge on any atom is -0.391 e. The number of hydrogen-bond donors (Lipinski definition) is 3. The zero-order valence-electron chi connectivity index (χ0n) is 13.8. The van der Waals surface area contributed by atoms with Gasteiger partial charge in [0.2, 0.25) is 0 Å². The SMILES string of the molecule is Cc1ccc(NC(=O)Nc2c(C(F)(F)F)ccc([N+](=O)[O-])c2N)c(C)c1. The maximum Gasteiger partial charge on any atom is 0.418 e. The molecule has 0 heterocycles. The highest BCUT2D eigenvalue weighted by molar-refractivity contribution is 6.03. The fourth-order valence-corrected chi connectivity index (χ4v) is 2.36. The Morgan fingerprint density at radius 2 is 1.81 bits per heavy atom. The molecule has 0 aliphatic carbocycles. The number of aryl methyl sites for hydroxylation is 2. The van der Waals surface area contributed by atoms with Gasteiger partial charge in [-0.3, -0.25) is 10.1 Å². The lowest BCUT2D eigenvalue weighted by molar-refractivity contribution is -0.383. The van der Waals surface area contributed by atoms with Crippen LogP contribution in [-0.2, 0) is 6.18 Å². The third-order valence-electron chi connectivity index (χ3n) is 3.59. The lowest BCUT2D eigenvalue weighted by atomic mass is 10.1. The molecule has 2 amide bonds. The number of nitrogen functional groups attached to an aromatic ring is 1. The van der Waals surface area contributed by atoms with Gasteiger partial charge < -0.3 is 16.4 Å². The van der Waals surface area contributed by atoms with Crippen LogP contribution in [0.2, 0.25) is 0 Å². The number of nitrogens with two attached hydrogens (primary N) is 1. The van der Waals surface area contributed by atoms with Crippen molar-refractivity contribution in [3.8, 4) is 0 Å². The average molecular weight is 368 g/mol. The number of urea groups is 1. The molecule has 0 aliphatic rings. The van der Waals surface area contributed by atoms with Gasteiger partial charge in [0, 0.05) is 11.8 Å². The standard InChI is InChI=1S/C16H15F3N4O3/c1-8-3-5-11(9(2)7-8)21-15(24)22-14-10(16(17,18)19)4-6-12(13(14)20)23(25)26/h3-7H,20H2,1-2H3,(H2,21,22,24). The number of nitro groups is 1. The van der Waals surface area contributed by atoms with E-state index in [-0.39, 0.29) is 0 Å². The van der Waals surface area contributed by atoms with Gasteiger partial charge in [0.05, 0.1) is 16.2 Å². The number of halogens is 3. The number of nitrogens with one attached hydrogen (secondary N) is 2. The van der Waals surface area contributed by atoms with Gasteiger partial charge in [0.25, 0.3) is 5.69 Å². The summed E-state index contributed by atoms with van der Waals surface area (Å²) in [5.41, 5.74) is 3.85. The normalized spacial score (nSPS) is 11.1. The number of carbonyl (C=O) groups excluding carboxylic acids is 1. The highest BCUT2D eigenvalue weighted by Gasteiger charge is 2.37. The fourth-order valence-electron chi connectivity index (χ4n) is 2.36. The van der Waals surface area contributed by atoms with E-state index in [0.717, 1.165) is 5.56 Å². The maximum atomic E-state index is 13.1. The van der Waals surface area contributed by atoms with Gasteiger partial charge in [-0.05, 0) is 31.5 Å². The molecule has 0 aromatic heterocycles. The summed E-state index contributed by atoms with van der Waals surface area (Å²) in [6.45, 7) is 3.56. The summed E-state index contributed by atoms with van der Waals surface area (Å²) in [5.74, 6) is 0. The van der Waals surface area contributed by atoms with Gasteiger partial charge in [-0.15, -0.1) is 0 Å². The summed E-state index contributed by atoms with van der Waals surface area (Å²) >= 11 is 0. The largest absolute Gasteiger partial charge is 0.418 e. The third-order valence-corrected chi connectivity index (χ3v) is 3.59. The van der Waals surface area contributed by atoms with Crippen molar-refractivity contribution in [3.63, 3.8) is 0 Å². The van der Waals surface area contributed by atoms with E-state index in [4.69, 9.17) is 5.73 Å². The molecule has 2 aromatic rings. The molecule has 0 bridgehead atoms. The lowest BCUT2D eigenvalue weighted by Gasteiger charge is -2.17. The Kier molecular flexibility index (Phi) is 5.05. The first-order valence-electron chi connectivity index (χ1n) is 7.30. The van der Waals surface area contributed by atoms with Crippen LogP contribution in [0.1, 0.15) is 16.7 Å². The maximum absolute atomic E-state index is 13.1. The van der Waals surface area contributed by atoms with Crippen LogP contribution < -0.4 is 16.4 Å². The van der Waals surface area contributed by atoms with E-state index in [1.807, 2.05) is 12.2 Å². The number of anilines is 3. The van der Waals surface area contributed by atoms with Gasteiger partial charge in [-0.25, -0.2) is 4.79 Å². The molecule has 0 atom stereocenters. The molecular formula is C16H15F3N4O3. The van der Waals surface area contributed by atoms with Gasteiger partial charge in [0.15, 0.2) is 0 Å². The quantitative estimate of drug-likeness (QED) is 0.422. The molecule has 138 valence electrons. The molecule has 0 saturated carbocycles. The molecule has 2 aromatic carbocycles. The fraction of sp³-hybridized carbons (Fsp3) is 0.188. The Bertz CT molecular complexity index is 882. The van der Waals surface area contributed by atoms with E-state index in [9.17, 15) is 28.1 Å². The molecule has 0 fully saturated rings. The van der Waals surface area contributed by atoms with Crippen LogP contribution in [0.4, 0.5) is 40.7 Å². The summed E-state index contributed by atoms with van der Waals surface area (Å²) < 4.78 is 39.4. The summed E-state index contributed by atoms with van der Waals surface area (Å²) in [6.07, 6.45) is -4.86. The Balaban J connectivity index is 2.39. The zero-order chi connectivity index (χ0) is 19.6. The van der Waals surface area contributed by atoms with Crippen LogP contribution in [-0.4, -0.2) is 11.0 Å². The number of carbonyl (C=O) groups is 1. The molecular weight excluding hydrogens is 353 g/mol. The average Bonchev–Trinajstić information content (AvgIpc) is 2.50. The van der Waals surface area contributed by atoms with Crippen molar-refractivity contribution in [2.75, 3.05) is 16.4 Å². The van der Waals surface area contributed by atoms with E-state index < -0.39 is 39.8 Å². The molecule has 0 unspecified atom stereocenters. The van der Waals surface area contributed by atoms with Crippen molar-refractivity contribution < 1.29 is 22.9 Å². The molecule has 2 rings (SSSR count). The molecule has 0 radical (unpaired) electrons. The number of amides is 2. The van der Waals surface area contributed by atoms with E-state index >= 15 is 0 Å². The molecule has 26 heavy (non-hydrogen) atoms. The first-order chi connectivity index (χ1) is 12.0. The predicted molar refractivity (Wildman–Crippen MR) is 91.1 cm³/mol. The second kappa shape index (κ2) is 6.90. The van der Waals surface area contributed by atoms with E-state index in [0.29, 0.717) is 23.4 Å². The number of alkyl halides is 3. The monoisotopic (exact) mass is 368 g/mol. The first kappa shape index (κ1) is 19.0. The van der Waals surface area contributed by atoms with Crippen LogP contribution in [0, 0.1) is 24.0 Å². The van der Waals surface area contributed by atoms with Gasteiger partial charge in [-0.1, -0.05) is 17.7 Å². The number of benzene rings is 2. The first-order valence-corrected chi connectivity index (χ1v) is 7.30. The third kappa shape index (κ3) is 4.02. The molecule has 10 heteroatoms. The minimum atomic E-state index is -4.86. The van der Waals surface area contributed by atoms with E-state index in [1.54, 1.807) is 25.1 Å². The second-order valence-corrected chi connectivity index (χ2v) is 5.57. The Hall–Kier alpha value is -3.30. The van der Waals surface area contributed by atoms with Crippen molar-refractivity contribution in [2.24, 2.45) is 0 Å². The van der Waals surface area contributed by atoms with E-state index in [1.165, 1.54) is 0 Å². The topological polar surface area (TPSA) is 110 Å². The second-order valence-electron chi connectivity index (χ2n) is 5.57. The minimum absolute atomic E-state index is 0.380. The van der Waals surface area contributed by atoms with Crippen molar-refractivity contribution in [1.82, 2.24) is 0 Å². The van der Waals surface area contributed by atoms with Crippen LogP contribution in [0.15, 0.2) is 30.3 Å². The summed E-state index contributed by atoms with van der Waals surface area (Å²) in [7, 11) is 0. The Labute approximate surface area is 146 Å². The number of hydrogen-bond acceptors (Lipinski definition) is 4. The highest BCUT2D eigenvalue weighted by atomic mass is 19.4. The molecule has 7 nitrogen and oxygen atoms in total. The molecule has 0 aliphatic heterocycles. The number of nitro benzene ring substituents is 1. The van der Waals surface area contributed by atoms with Gasteiger partial charge >= 0.3 is 12.2 Å². The zero-order valence-corrected chi connectivity index (χ0v) is 13.8.